The Morgan fingerprint density at radius 3 is 2.73 bits per heavy atom. The van der Waals surface area contributed by atoms with Gasteiger partial charge in [-0.15, -0.1) is 0 Å². The van der Waals surface area contributed by atoms with Crippen LogP contribution < -0.4 is 0 Å². The van der Waals surface area contributed by atoms with Crippen LogP contribution >= 0.6 is 0 Å². The maximum absolute atomic E-state index is 10.5. The van der Waals surface area contributed by atoms with Crippen LogP contribution in [0.3, 0.4) is 0 Å². The normalized spacial score (nSPS) is 10.9. The second-order valence-electron chi connectivity index (χ2n) is 4.27. The van der Waals surface area contributed by atoms with Crippen LogP contribution in [0.4, 0.5) is 0 Å². The Labute approximate surface area is 89.7 Å². The number of aliphatic carboxylic acids is 1. The van der Waals surface area contributed by atoms with Gasteiger partial charge < -0.3 is 5.11 Å². The summed E-state index contributed by atoms with van der Waals surface area (Å²) in [6.07, 6.45) is 1.64. The van der Waals surface area contributed by atoms with Crippen molar-refractivity contribution in [3.8, 4) is 0 Å². The van der Waals surface area contributed by atoms with E-state index in [1.165, 1.54) is 0 Å². The van der Waals surface area contributed by atoms with E-state index in [-0.39, 0.29) is 6.42 Å². The van der Waals surface area contributed by atoms with Crippen molar-refractivity contribution in [2.45, 2.75) is 40.0 Å². The topological polar surface area (TPSA) is 66.0 Å². The molecule has 0 aliphatic heterocycles. The van der Waals surface area contributed by atoms with Crippen molar-refractivity contribution in [3.63, 3.8) is 0 Å². The molecule has 4 heteroatoms. The Kier molecular flexibility index (Phi) is 3.88. The Bertz CT molecular complexity index is 342. The summed E-state index contributed by atoms with van der Waals surface area (Å²) in [6, 6.07) is 0. The standard InChI is InChI=1S/C11H18N2O2/c1-7(2)6-10-9(4-5-11(14)15)8(3)12-13-10/h7H,4-6H2,1-3H3,(H,12,13)(H,14,15). The summed E-state index contributed by atoms with van der Waals surface area (Å²) in [4.78, 5) is 10.5. The summed E-state index contributed by atoms with van der Waals surface area (Å²) in [6.45, 7) is 6.20. The number of rotatable bonds is 5. The Hall–Kier alpha value is -1.32. The van der Waals surface area contributed by atoms with Crippen LogP contribution in [-0.2, 0) is 17.6 Å². The predicted molar refractivity (Wildman–Crippen MR) is 57.8 cm³/mol. The fraction of sp³-hybridized carbons (Fsp3) is 0.636. The van der Waals surface area contributed by atoms with E-state index in [1.54, 1.807) is 0 Å². The minimum atomic E-state index is -0.758. The highest BCUT2D eigenvalue weighted by atomic mass is 16.4. The van der Waals surface area contributed by atoms with Gasteiger partial charge in [-0.1, -0.05) is 13.8 Å². The van der Waals surface area contributed by atoms with Crippen LogP contribution in [0.25, 0.3) is 0 Å². The number of hydrogen-bond donors (Lipinski definition) is 2. The molecule has 1 rings (SSSR count). The first kappa shape index (κ1) is 11.8. The van der Waals surface area contributed by atoms with Crippen LogP contribution in [0.2, 0.25) is 0 Å². The van der Waals surface area contributed by atoms with Crippen LogP contribution in [0.15, 0.2) is 0 Å². The lowest BCUT2D eigenvalue weighted by molar-refractivity contribution is -0.136. The summed E-state index contributed by atoms with van der Waals surface area (Å²) >= 11 is 0. The van der Waals surface area contributed by atoms with Crippen LogP contribution in [0.1, 0.15) is 37.2 Å². The van der Waals surface area contributed by atoms with Gasteiger partial charge in [-0.05, 0) is 31.2 Å². The van der Waals surface area contributed by atoms with Crippen LogP contribution in [0.5, 0.6) is 0 Å². The average molecular weight is 210 g/mol. The lowest BCUT2D eigenvalue weighted by atomic mass is 10.0. The maximum Gasteiger partial charge on any atom is 0.303 e. The van der Waals surface area contributed by atoms with Gasteiger partial charge in [0.25, 0.3) is 0 Å². The van der Waals surface area contributed by atoms with Crippen molar-refractivity contribution in [2.24, 2.45) is 5.92 Å². The van der Waals surface area contributed by atoms with Crippen molar-refractivity contribution in [3.05, 3.63) is 17.0 Å². The summed E-state index contributed by atoms with van der Waals surface area (Å²) in [5, 5.41) is 15.8. The molecule has 0 saturated heterocycles. The molecule has 0 aliphatic rings. The summed E-state index contributed by atoms with van der Waals surface area (Å²) in [7, 11) is 0. The van der Waals surface area contributed by atoms with Crippen LogP contribution in [0, 0.1) is 12.8 Å². The number of carboxylic acids is 1. The molecule has 84 valence electrons. The van der Waals surface area contributed by atoms with Gasteiger partial charge in [0.2, 0.25) is 0 Å². The molecule has 0 aliphatic carbocycles. The van der Waals surface area contributed by atoms with Crippen molar-refractivity contribution in [1.82, 2.24) is 10.2 Å². The van der Waals surface area contributed by atoms with E-state index < -0.39 is 5.97 Å². The van der Waals surface area contributed by atoms with E-state index in [0.717, 1.165) is 23.4 Å². The molecule has 0 bridgehead atoms. The predicted octanol–water partition coefficient (Wildman–Crippen LogP) is 1.93. The zero-order chi connectivity index (χ0) is 11.4. The summed E-state index contributed by atoms with van der Waals surface area (Å²) in [5.74, 6) is -0.220. The third-order valence-electron chi connectivity index (χ3n) is 2.35. The molecule has 15 heavy (non-hydrogen) atoms. The fourth-order valence-electron chi connectivity index (χ4n) is 1.62. The van der Waals surface area contributed by atoms with E-state index >= 15 is 0 Å². The molecule has 1 aromatic rings. The number of hydrogen-bond acceptors (Lipinski definition) is 2. The van der Waals surface area contributed by atoms with Crippen molar-refractivity contribution in [2.75, 3.05) is 0 Å². The molecule has 1 heterocycles. The zero-order valence-corrected chi connectivity index (χ0v) is 9.50. The molecule has 4 nitrogen and oxygen atoms in total. The quantitative estimate of drug-likeness (QED) is 0.780. The first-order chi connectivity index (χ1) is 7.00. The summed E-state index contributed by atoms with van der Waals surface area (Å²) in [5.41, 5.74) is 3.08. The highest BCUT2D eigenvalue weighted by Gasteiger charge is 2.12. The van der Waals surface area contributed by atoms with Crippen molar-refractivity contribution >= 4 is 5.97 Å². The largest absolute Gasteiger partial charge is 0.481 e. The molecular formula is C11H18N2O2. The lowest BCUT2D eigenvalue weighted by Gasteiger charge is -2.04. The SMILES string of the molecule is Cc1[nH]nc(CC(C)C)c1CCC(=O)O. The van der Waals surface area contributed by atoms with Crippen LogP contribution in [-0.4, -0.2) is 21.3 Å². The second-order valence-corrected chi connectivity index (χ2v) is 4.27. The summed E-state index contributed by atoms with van der Waals surface area (Å²) < 4.78 is 0. The van der Waals surface area contributed by atoms with Crippen molar-refractivity contribution < 1.29 is 9.90 Å². The highest BCUT2D eigenvalue weighted by Crippen LogP contribution is 2.16. The number of nitrogens with zero attached hydrogens (tertiary/aromatic N) is 1. The molecule has 0 atom stereocenters. The monoisotopic (exact) mass is 210 g/mol. The molecule has 0 spiro atoms. The Morgan fingerprint density at radius 1 is 1.53 bits per heavy atom. The number of aryl methyl sites for hydroxylation is 1. The van der Waals surface area contributed by atoms with Gasteiger partial charge in [-0.2, -0.15) is 5.10 Å². The molecule has 2 N–H and O–H groups in total. The Morgan fingerprint density at radius 2 is 2.20 bits per heavy atom. The number of aromatic nitrogens is 2. The molecule has 0 fully saturated rings. The van der Waals surface area contributed by atoms with Gasteiger partial charge in [0.1, 0.15) is 0 Å². The maximum atomic E-state index is 10.5. The first-order valence-electron chi connectivity index (χ1n) is 5.25. The first-order valence-corrected chi connectivity index (χ1v) is 5.25. The molecule has 0 saturated carbocycles. The van der Waals surface area contributed by atoms with Gasteiger partial charge in [-0.25, -0.2) is 0 Å². The number of carboxylic acid groups (broad SMARTS) is 1. The minimum absolute atomic E-state index is 0.172. The minimum Gasteiger partial charge on any atom is -0.481 e. The van der Waals surface area contributed by atoms with Gasteiger partial charge in [0, 0.05) is 12.1 Å². The van der Waals surface area contributed by atoms with E-state index in [4.69, 9.17) is 5.11 Å². The number of carbonyl (C=O) groups is 1. The second kappa shape index (κ2) is 4.96. The third-order valence-corrected chi connectivity index (χ3v) is 2.35. The number of H-pyrrole nitrogens is 1. The zero-order valence-electron chi connectivity index (χ0n) is 9.50. The molecule has 0 unspecified atom stereocenters. The number of aromatic amines is 1. The van der Waals surface area contributed by atoms with E-state index in [9.17, 15) is 4.79 Å². The smallest absolute Gasteiger partial charge is 0.303 e. The van der Waals surface area contributed by atoms with Gasteiger partial charge >= 0.3 is 5.97 Å². The molecule has 0 amide bonds. The van der Waals surface area contributed by atoms with Gasteiger partial charge in [0.15, 0.2) is 0 Å². The molecular weight excluding hydrogens is 192 g/mol. The number of nitrogens with one attached hydrogen (secondary N) is 1. The highest BCUT2D eigenvalue weighted by molar-refractivity contribution is 5.67. The Balaban J connectivity index is 2.75. The van der Waals surface area contributed by atoms with Gasteiger partial charge in [-0.3, -0.25) is 9.89 Å². The molecule has 1 aromatic heterocycles. The van der Waals surface area contributed by atoms with Gasteiger partial charge in [0.05, 0.1) is 5.69 Å². The van der Waals surface area contributed by atoms with E-state index in [0.29, 0.717) is 12.3 Å². The lowest BCUT2D eigenvalue weighted by Crippen LogP contribution is -2.02. The third kappa shape index (κ3) is 3.38. The molecule has 0 aromatic carbocycles. The van der Waals surface area contributed by atoms with Crippen molar-refractivity contribution in [1.29, 1.82) is 0 Å². The van der Waals surface area contributed by atoms with E-state index in [2.05, 4.69) is 24.0 Å². The fourth-order valence-corrected chi connectivity index (χ4v) is 1.62. The van der Waals surface area contributed by atoms with E-state index in [1.807, 2.05) is 6.92 Å². The average Bonchev–Trinajstić information content (AvgIpc) is 2.43. The molecule has 0 radical (unpaired) electrons.